The van der Waals surface area contributed by atoms with Gasteiger partial charge >= 0.3 is 5.97 Å². The van der Waals surface area contributed by atoms with Gasteiger partial charge < -0.3 is 10.1 Å². The number of amides is 1. The van der Waals surface area contributed by atoms with Gasteiger partial charge in [0.2, 0.25) is 0 Å². The van der Waals surface area contributed by atoms with Gasteiger partial charge in [-0.05, 0) is 37.6 Å². The number of fused-ring (bicyclic) bond motifs is 1. The number of nitrogens with one attached hydrogen (secondary N) is 1. The van der Waals surface area contributed by atoms with Crippen LogP contribution in [0.2, 0.25) is 0 Å². The molecule has 0 saturated heterocycles. The second-order valence-electron chi connectivity index (χ2n) is 5.88. The van der Waals surface area contributed by atoms with Gasteiger partial charge in [0.05, 0.1) is 17.1 Å². The molecule has 1 amide bonds. The van der Waals surface area contributed by atoms with E-state index in [1.807, 2.05) is 44.2 Å². The summed E-state index contributed by atoms with van der Waals surface area (Å²) in [5, 5.41) is 10.8. The predicted molar refractivity (Wildman–Crippen MR) is 96.5 cm³/mol. The van der Waals surface area contributed by atoms with E-state index in [0.29, 0.717) is 17.6 Å². The number of aryl methyl sites for hydroxylation is 1. The number of ether oxygens (including phenoxy) is 1. The summed E-state index contributed by atoms with van der Waals surface area (Å²) in [6.07, 6.45) is 0. The van der Waals surface area contributed by atoms with Crippen LogP contribution in [0.1, 0.15) is 35.8 Å². The molecule has 0 bridgehead atoms. The van der Waals surface area contributed by atoms with E-state index in [1.165, 1.54) is 0 Å². The molecule has 26 heavy (non-hydrogen) atoms. The van der Waals surface area contributed by atoms with E-state index in [4.69, 9.17) is 4.74 Å². The first-order valence-electron chi connectivity index (χ1n) is 8.43. The molecule has 1 N–H and O–H groups in total. The number of esters is 1. The van der Waals surface area contributed by atoms with Gasteiger partial charge in [-0.2, -0.15) is 0 Å². The highest BCUT2D eigenvalue weighted by Crippen LogP contribution is 2.14. The zero-order valence-corrected chi connectivity index (χ0v) is 14.7. The van der Waals surface area contributed by atoms with Crippen LogP contribution in [-0.4, -0.2) is 33.5 Å². The van der Waals surface area contributed by atoms with Crippen LogP contribution >= 0.6 is 0 Å². The van der Waals surface area contributed by atoms with Crippen molar-refractivity contribution in [3.63, 3.8) is 0 Å². The summed E-state index contributed by atoms with van der Waals surface area (Å²) in [6.45, 7) is 4.20. The molecule has 0 radical (unpaired) electrons. The molecule has 1 unspecified atom stereocenters. The first kappa shape index (κ1) is 17.6. The van der Waals surface area contributed by atoms with Gasteiger partial charge in [-0.15, -0.1) is 5.10 Å². The van der Waals surface area contributed by atoms with Crippen molar-refractivity contribution in [3.8, 4) is 0 Å². The fraction of sp³-hybridized carbons (Fsp3) is 0.263. The Kier molecular flexibility index (Phi) is 5.26. The predicted octanol–water partition coefficient (Wildman–Crippen LogP) is 2.49. The number of benzene rings is 2. The fourth-order valence-corrected chi connectivity index (χ4v) is 2.66. The average Bonchev–Trinajstić information content (AvgIpc) is 3.09. The molecule has 0 aliphatic carbocycles. The van der Waals surface area contributed by atoms with Crippen molar-refractivity contribution in [2.75, 3.05) is 6.61 Å². The molecule has 3 rings (SSSR count). The van der Waals surface area contributed by atoms with Crippen molar-refractivity contribution in [2.24, 2.45) is 0 Å². The molecule has 0 aliphatic rings. The smallest absolute Gasteiger partial charge is 0.338 e. The number of aromatic nitrogens is 3. The van der Waals surface area contributed by atoms with Crippen LogP contribution in [0.5, 0.6) is 0 Å². The summed E-state index contributed by atoms with van der Waals surface area (Å²) in [4.78, 5) is 24.2. The average molecular weight is 352 g/mol. The summed E-state index contributed by atoms with van der Waals surface area (Å²) in [5.41, 5.74) is 2.78. The van der Waals surface area contributed by atoms with Crippen LogP contribution < -0.4 is 5.32 Å². The Labute approximate surface area is 151 Å². The standard InChI is InChI=1S/C19H20N4O3/c1-3-23-17-10-9-15(11-16(17)21-22-23)19(25)26-12-18(24)20-13(2)14-7-5-4-6-8-14/h4-11,13H,3,12H2,1-2H3,(H,20,24). The van der Waals surface area contributed by atoms with Crippen LogP contribution in [0.25, 0.3) is 11.0 Å². The fourth-order valence-electron chi connectivity index (χ4n) is 2.66. The normalized spacial score (nSPS) is 11.9. The summed E-state index contributed by atoms with van der Waals surface area (Å²) in [5.74, 6) is -0.923. The van der Waals surface area contributed by atoms with Crippen molar-refractivity contribution in [2.45, 2.75) is 26.4 Å². The Morgan fingerprint density at radius 2 is 1.96 bits per heavy atom. The van der Waals surface area contributed by atoms with E-state index in [2.05, 4.69) is 15.6 Å². The molecular weight excluding hydrogens is 332 g/mol. The lowest BCUT2D eigenvalue weighted by atomic mass is 10.1. The van der Waals surface area contributed by atoms with Crippen LogP contribution in [0.15, 0.2) is 48.5 Å². The molecule has 0 aliphatic heterocycles. The van der Waals surface area contributed by atoms with Crippen LogP contribution in [-0.2, 0) is 16.1 Å². The highest BCUT2D eigenvalue weighted by molar-refractivity contribution is 5.94. The van der Waals surface area contributed by atoms with E-state index in [-0.39, 0.29) is 18.6 Å². The van der Waals surface area contributed by atoms with E-state index in [9.17, 15) is 9.59 Å². The molecule has 7 heteroatoms. The summed E-state index contributed by atoms with van der Waals surface area (Å²) in [7, 11) is 0. The van der Waals surface area contributed by atoms with Crippen LogP contribution in [0, 0.1) is 0 Å². The minimum Gasteiger partial charge on any atom is -0.452 e. The monoisotopic (exact) mass is 352 g/mol. The Balaban J connectivity index is 1.57. The lowest BCUT2D eigenvalue weighted by Crippen LogP contribution is -2.31. The molecule has 7 nitrogen and oxygen atoms in total. The summed E-state index contributed by atoms with van der Waals surface area (Å²) >= 11 is 0. The molecule has 0 spiro atoms. The van der Waals surface area contributed by atoms with Crippen molar-refractivity contribution < 1.29 is 14.3 Å². The van der Waals surface area contributed by atoms with Crippen molar-refractivity contribution in [1.29, 1.82) is 0 Å². The number of hydrogen-bond donors (Lipinski definition) is 1. The number of carbonyl (C=O) groups excluding carboxylic acids is 2. The van der Waals surface area contributed by atoms with Crippen LogP contribution in [0.4, 0.5) is 0 Å². The largest absolute Gasteiger partial charge is 0.452 e. The zero-order valence-electron chi connectivity index (χ0n) is 14.7. The molecule has 3 aromatic rings. The molecule has 1 heterocycles. The lowest BCUT2D eigenvalue weighted by Gasteiger charge is -2.14. The van der Waals surface area contributed by atoms with E-state index < -0.39 is 5.97 Å². The van der Waals surface area contributed by atoms with Gasteiger partial charge in [0, 0.05) is 6.54 Å². The zero-order chi connectivity index (χ0) is 18.5. The third-order valence-corrected chi connectivity index (χ3v) is 4.06. The van der Waals surface area contributed by atoms with Crippen molar-refractivity contribution >= 4 is 22.9 Å². The molecule has 1 atom stereocenters. The minimum absolute atomic E-state index is 0.164. The summed E-state index contributed by atoms with van der Waals surface area (Å²) < 4.78 is 6.84. The molecular formula is C19H20N4O3. The van der Waals surface area contributed by atoms with Gasteiger partial charge in [-0.1, -0.05) is 35.5 Å². The van der Waals surface area contributed by atoms with Crippen molar-refractivity contribution in [3.05, 3.63) is 59.7 Å². The van der Waals surface area contributed by atoms with E-state index in [0.717, 1.165) is 11.1 Å². The first-order chi connectivity index (χ1) is 12.6. The molecule has 0 fully saturated rings. The number of carbonyl (C=O) groups is 2. The maximum Gasteiger partial charge on any atom is 0.338 e. The topological polar surface area (TPSA) is 86.1 Å². The maximum absolute atomic E-state index is 12.2. The molecule has 1 aromatic heterocycles. The summed E-state index contributed by atoms with van der Waals surface area (Å²) in [6, 6.07) is 14.4. The molecule has 134 valence electrons. The third-order valence-electron chi connectivity index (χ3n) is 4.06. The Morgan fingerprint density at radius 1 is 1.19 bits per heavy atom. The minimum atomic E-state index is -0.569. The van der Waals surface area contributed by atoms with Crippen LogP contribution in [0.3, 0.4) is 0 Å². The maximum atomic E-state index is 12.2. The molecule has 0 saturated carbocycles. The second-order valence-corrected chi connectivity index (χ2v) is 5.88. The van der Waals surface area contributed by atoms with Crippen molar-refractivity contribution in [1.82, 2.24) is 20.3 Å². The number of nitrogens with zero attached hydrogens (tertiary/aromatic N) is 3. The second kappa shape index (κ2) is 7.77. The van der Waals surface area contributed by atoms with Gasteiger partial charge in [-0.3, -0.25) is 4.79 Å². The number of rotatable bonds is 6. The Hall–Kier alpha value is -3.22. The first-order valence-corrected chi connectivity index (χ1v) is 8.43. The van der Waals surface area contributed by atoms with Gasteiger partial charge in [0.25, 0.3) is 5.91 Å². The van der Waals surface area contributed by atoms with E-state index in [1.54, 1.807) is 22.9 Å². The third kappa shape index (κ3) is 3.88. The van der Waals surface area contributed by atoms with Gasteiger partial charge in [-0.25, -0.2) is 9.48 Å². The highest BCUT2D eigenvalue weighted by Gasteiger charge is 2.14. The quantitative estimate of drug-likeness (QED) is 0.689. The lowest BCUT2D eigenvalue weighted by molar-refractivity contribution is -0.124. The van der Waals surface area contributed by atoms with Gasteiger partial charge in [0.15, 0.2) is 6.61 Å². The Morgan fingerprint density at radius 3 is 2.69 bits per heavy atom. The Bertz CT molecular complexity index is 921. The SMILES string of the molecule is CCn1nnc2cc(C(=O)OCC(=O)NC(C)c3ccccc3)ccc21. The van der Waals surface area contributed by atoms with Gasteiger partial charge in [0.1, 0.15) is 5.52 Å². The highest BCUT2D eigenvalue weighted by atomic mass is 16.5. The molecule has 2 aromatic carbocycles. The van der Waals surface area contributed by atoms with E-state index >= 15 is 0 Å². The number of hydrogen-bond acceptors (Lipinski definition) is 5.